The molecule has 23 heavy (non-hydrogen) atoms. The van der Waals surface area contributed by atoms with Gasteiger partial charge in [-0.25, -0.2) is 12.7 Å². The van der Waals surface area contributed by atoms with Gasteiger partial charge in [0.15, 0.2) is 0 Å². The molecule has 0 aromatic heterocycles. The lowest BCUT2D eigenvalue weighted by Crippen LogP contribution is -2.42. The fourth-order valence-corrected chi connectivity index (χ4v) is 3.53. The zero-order chi connectivity index (χ0) is 16.7. The first-order chi connectivity index (χ1) is 11.0. The topological polar surface area (TPSA) is 66.5 Å². The lowest BCUT2D eigenvalue weighted by Gasteiger charge is -2.29. The molecule has 1 aromatic rings. The number of hydrogen-bond donors (Lipinski definition) is 1. The van der Waals surface area contributed by atoms with Gasteiger partial charge in [-0.2, -0.15) is 0 Å². The maximum atomic E-state index is 12.1. The summed E-state index contributed by atoms with van der Waals surface area (Å²) < 4.78 is 24.3. The quantitative estimate of drug-likeness (QED) is 0.807. The van der Waals surface area contributed by atoms with Gasteiger partial charge in [-0.3, -0.25) is 4.79 Å². The molecule has 6 heteroatoms. The number of nitrogens with zero attached hydrogens (tertiary/aromatic N) is 1. The zero-order valence-electron chi connectivity index (χ0n) is 13.4. The SMILES string of the molecule is CS(=O)(=O)N1CCC(C(=O)NCC/C=C/c2ccccc2)CC1. The molecule has 1 N–H and O–H groups in total. The van der Waals surface area contributed by atoms with Crippen LogP contribution < -0.4 is 5.32 Å². The fraction of sp³-hybridized carbons (Fsp3) is 0.471. The zero-order valence-corrected chi connectivity index (χ0v) is 14.3. The maximum absolute atomic E-state index is 12.1. The van der Waals surface area contributed by atoms with Crippen molar-refractivity contribution >= 4 is 22.0 Å². The first-order valence-corrected chi connectivity index (χ1v) is 9.76. The van der Waals surface area contributed by atoms with Crippen LogP contribution in [0.4, 0.5) is 0 Å². The second kappa shape index (κ2) is 8.26. The van der Waals surface area contributed by atoms with Gasteiger partial charge in [-0.05, 0) is 24.8 Å². The molecule has 1 amide bonds. The number of sulfonamides is 1. The fourth-order valence-electron chi connectivity index (χ4n) is 2.66. The number of hydrogen-bond acceptors (Lipinski definition) is 3. The van der Waals surface area contributed by atoms with Crippen molar-refractivity contribution in [3.8, 4) is 0 Å². The Bertz CT molecular complexity index is 633. The summed E-state index contributed by atoms with van der Waals surface area (Å²) in [7, 11) is -3.13. The van der Waals surface area contributed by atoms with Crippen LogP contribution in [0.5, 0.6) is 0 Å². The van der Waals surface area contributed by atoms with Gasteiger partial charge in [0.2, 0.25) is 15.9 Å². The monoisotopic (exact) mass is 336 g/mol. The predicted octanol–water partition coefficient (Wildman–Crippen LogP) is 1.88. The number of carbonyl (C=O) groups is 1. The van der Waals surface area contributed by atoms with Gasteiger partial charge in [0.25, 0.3) is 0 Å². The van der Waals surface area contributed by atoms with Crippen molar-refractivity contribution in [2.24, 2.45) is 5.92 Å². The first-order valence-electron chi connectivity index (χ1n) is 7.91. The van der Waals surface area contributed by atoms with E-state index < -0.39 is 10.0 Å². The summed E-state index contributed by atoms with van der Waals surface area (Å²) in [5, 5.41) is 2.93. The lowest BCUT2D eigenvalue weighted by molar-refractivity contribution is -0.126. The lowest BCUT2D eigenvalue weighted by atomic mass is 9.97. The summed E-state index contributed by atoms with van der Waals surface area (Å²) in [4.78, 5) is 12.1. The van der Waals surface area contributed by atoms with Crippen LogP contribution in [0.2, 0.25) is 0 Å². The highest BCUT2D eigenvalue weighted by molar-refractivity contribution is 7.88. The van der Waals surface area contributed by atoms with E-state index in [1.54, 1.807) is 0 Å². The molecule has 1 heterocycles. The molecular weight excluding hydrogens is 312 g/mol. The molecule has 0 bridgehead atoms. The van der Waals surface area contributed by atoms with Crippen molar-refractivity contribution in [1.29, 1.82) is 0 Å². The minimum Gasteiger partial charge on any atom is -0.356 e. The van der Waals surface area contributed by atoms with E-state index in [1.807, 2.05) is 42.5 Å². The third-order valence-corrected chi connectivity index (χ3v) is 5.32. The highest BCUT2D eigenvalue weighted by Gasteiger charge is 2.28. The summed E-state index contributed by atoms with van der Waals surface area (Å²) in [5.74, 6) is -0.0441. The summed E-state index contributed by atoms with van der Waals surface area (Å²) in [6, 6.07) is 10.0. The van der Waals surface area contributed by atoms with E-state index in [2.05, 4.69) is 5.32 Å². The van der Waals surface area contributed by atoms with Gasteiger partial charge in [-0.15, -0.1) is 0 Å². The van der Waals surface area contributed by atoms with Crippen molar-refractivity contribution in [3.63, 3.8) is 0 Å². The summed E-state index contributed by atoms with van der Waals surface area (Å²) in [5.41, 5.74) is 1.15. The molecule has 1 fully saturated rings. The minimum absolute atomic E-state index is 0.0336. The Morgan fingerprint density at radius 3 is 2.52 bits per heavy atom. The van der Waals surface area contributed by atoms with Crippen molar-refractivity contribution in [1.82, 2.24) is 9.62 Å². The molecule has 5 nitrogen and oxygen atoms in total. The molecule has 1 aromatic carbocycles. The van der Waals surface area contributed by atoms with Crippen molar-refractivity contribution in [2.45, 2.75) is 19.3 Å². The Morgan fingerprint density at radius 1 is 1.26 bits per heavy atom. The van der Waals surface area contributed by atoms with Crippen LogP contribution in [-0.4, -0.2) is 44.5 Å². The normalized spacial score (nSPS) is 17.4. The van der Waals surface area contributed by atoms with E-state index in [0.29, 0.717) is 32.5 Å². The van der Waals surface area contributed by atoms with Crippen LogP contribution in [0.3, 0.4) is 0 Å². The van der Waals surface area contributed by atoms with Crippen LogP contribution in [0.25, 0.3) is 6.08 Å². The van der Waals surface area contributed by atoms with Crippen molar-refractivity contribution in [2.75, 3.05) is 25.9 Å². The molecule has 1 aliphatic rings. The van der Waals surface area contributed by atoms with E-state index in [4.69, 9.17) is 0 Å². The van der Waals surface area contributed by atoms with Crippen molar-refractivity contribution < 1.29 is 13.2 Å². The molecule has 0 aliphatic carbocycles. The summed E-state index contributed by atoms with van der Waals surface area (Å²) in [6.45, 7) is 1.48. The second-order valence-corrected chi connectivity index (χ2v) is 7.81. The molecule has 1 aliphatic heterocycles. The van der Waals surface area contributed by atoms with Crippen LogP contribution in [0.1, 0.15) is 24.8 Å². The number of piperidine rings is 1. The average Bonchev–Trinajstić information content (AvgIpc) is 2.54. The largest absolute Gasteiger partial charge is 0.356 e. The highest BCUT2D eigenvalue weighted by Crippen LogP contribution is 2.19. The Labute approximate surface area is 138 Å². The third-order valence-electron chi connectivity index (χ3n) is 4.01. The number of carbonyl (C=O) groups excluding carboxylic acids is 1. The Morgan fingerprint density at radius 2 is 1.91 bits per heavy atom. The van der Waals surface area contributed by atoms with E-state index >= 15 is 0 Å². The standard InChI is InChI=1S/C17H24N2O3S/c1-23(21,22)19-13-10-16(11-14-19)17(20)18-12-6-5-9-15-7-3-2-4-8-15/h2-5,7-9,16H,6,10-14H2,1H3,(H,18,20)/b9-5+. The van der Waals surface area contributed by atoms with E-state index in [-0.39, 0.29) is 11.8 Å². The maximum Gasteiger partial charge on any atom is 0.223 e. The summed E-state index contributed by atoms with van der Waals surface area (Å²) >= 11 is 0. The van der Waals surface area contributed by atoms with Gasteiger partial charge >= 0.3 is 0 Å². The van der Waals surface area contributed by atoms with E-state index in [0.717, 1.165) is 12.0 Å². The molecule has 0 atom stereocenters. The van der Waals surface area contributed by atoms with E-state index in [1.165, 1.54) is 10.6 Å². The first kappa shape index (κ1) is 17.7. The van der Waals surface area contributed by atoms with Gasteiger partial charge in [-0.1, -0.05) is 42.5 Å². The summed E-state index contributed by atoms with van der Waals surface area (Å²) in [6.07, 6.45) is 7.27. The average molecular weight is 336 g/mol. The number of amides is 1. The highest BCUT2D eigenvalue weighted by atomic mass is 32.2. The third kappa shape index (κ3) is 5.80. The number of nitrogens with one attached hydrogen (secondary N) is 1. The second-order valence-electron chi connectivity index (χ2n) is 5.83. The minimum atomic E-state index is -3.13. The molecule has 2 rings (SSSR count). The number of benzene rings is 1. The van der Waals surface area contributed by atoms with Gasteiger partial charge < -0.3 is 5.32 Å². The Kier molecular flexibility index (Phi) is 6.36. The predicted molar refractivity (Wildman–Crippen MR) is 92.2 cm³/mol. The van der Waals surface area contributed by atoms with E-state index in [9.17, 15) is 13.2 Å². The molecule has 0 saturated carbocycles. The van der Waals surface area contributed by atoms with Gasteiger partial charge in [0.1, 0.15) is 0 Å². The molecule has 0 unspecified atom stereocenters. The van der Waals surface area contributed by atoms with Gasteiger partial charge in [0.05, 0.1) is 6.26 Å². The number of rotatable bonds is 6. The Hall–Kier alpha value is -1.66. The molecule has 0 radical (unpaired) electrons. The smallest absolute Gasteiger partial charge is 0.223 e. The van der Waals surface area contributed by atoms with Crippen LogP contribution in [0.15, 0.2) is 36.4 Å². The van der Waals surface area contributed by atoms with Crippen LogP contribution in [-0.2, 0) is 14.8 Å². The molecule has 0 spiro atoms. The van der Waals surface area contributed by atoms with Crippen LogP contribution >= 0.6 is 0 Å². The van der Waals surface area contributed by atoms with Crippen molar-refractivity contribution in [3.05, 3.63) is 42.0 Å². The van der Waals surface area contributed by atoms with Crippen LogP contribution in [0, 0.1) is 5.92 Å². The molecule has 126 valence electrons. The Balaban J connectivity index is 1.67. The molecular formula is C17H24N2O3S. The molecule has 1 saturated heterocycles. The van der Waals surface area contributed by atoms with Gasteiger partial charge in [0, 0.05) is 25.6 Å².